The fourth-order valence-corrected chi connectivity index (χ4v) is 5.31. The van der Waals surface area contributed by atoms with Crippen LogP contribution < -0.4 is 10.1 Å². The maximum atomic E-state index is 13.6. The van der Waals surface area contributed by atoms with Gasteiger partial charge in [-0.1, -0.05) is 6.07 Å². The molecule has 4 rings (SSSR count). The highest BCUT2D eigenvalue weighted by Gasteiger charge is 2.30. The van der Waals surface area contributed by atoms with Crippen molar-refractivity contribution in [1.82, 2.24) is 9.97 Å². The van der Waals surface area contributed by atoms with Crippen LogP contribution in [0.4, 0.5) is 14.5 Å². The van der Waals surface area contributed by atoms with Gasteiger partial charge < -0.3 is 14.8 Å². The number of aromatic nitrogens is 2. The number of esters is 1. The molecule has 0 bridgehead atoms. The Labute approximate surface area is 199 Å². The first-order valence-electron chi connectivity index (χ1n) is 10.9. The molecule has 2 heterocycles. The zero-order valence-electron chi connectivity index (χ0n) is 19.1. The second-order valence-electron chi connectivity index (χ2n) is 8.39. The Morgan fingerprint density at radius 1 is 1.12 bits per heavy atom. The van der Waals surface area contributed by atoms with Crippen LogP contribution in [-0.2, 0) is 15.5 Å². The lowest BCUT2D eigenvalue weighted by Crippen LogP contribution is -2.22. The zero-order chi connectivity index (χ0) is 24.5. The minimum absolute atomic E-state index is 0.0580. The van der Waals surface area contributed by atoms with Crippen molar-refractivity contribution in [1.29, 1.82) is 0 Å². The Kier molecular flexibility index (Phi) is 6.79. The number of benzene rings is 1. The van der Waals surface area contributed by atoms with E-state index in [4.69, 9.17) is 14.5 Å². The van der Waals surface area contributed by atoms with E-state index in [1.165, 1.54) is 43.8 Å². The average Bonchev–Trinajstić information content (AvgIpc) is 3.25. The lowest BCUT2D eigenvalue weighted by Gasteiger charge is -2.25. The fraction of sp³-hybridized carbons (Fsp3) is 0.417. The first-order chi connectivity index (χ1) is 16.2. The van der Waals surface area contributed by atoms with E-state index in [1.807, 2.05) is 0 Å². The summed E-state index contributed by atoms with van der Waals surface area (Å²) in [7, 11) is 2.90. The van der Waals surface area contributed by atoms with Gasteiger partial charge in [0.05, 0.1) is 41.0 Å². The highest BCUT2D eigenvalue weighted by Crippen LogP contribution is 2.41. The van der Waals surface area contributed by atoms with Gasteiger partial charge in [-0.05, 0) is 43.9 Å². The summed E-state index contributed by atoms with van der Waals surface area (Å²) in [6.07, 6.45) is 3.23. The third-order valence-corrected chi connectivity index (χ3v) is 7.20. The number of pyridine rings is 1. The van der Waals surface area contributed by atoms with Crippen LogP contribution in [0.25, 0.3) is 10.2 Å². The Morgan fingerprint density at radius 2 is 1.85 bits per heavy atom. The zero-order valence-corrected chi connectivity index (χ0v) is 19.9. The number of methoxy groups -OCH3 is 2. The number of fused-ring (bicyclic) bond motifs is 1. The third kappa shape index (κ3) is 5.01. The van der Waals surface area contributed by atoms with Crippen molar-refractivity contribution in [3.63, 3.8) is 0 Å². The van der Waals surface area contributed by atoms with Crippen molar-refractivity contribution in [2.24, 2.45) is 5.92 Å². The molecule has 0 atom stereocenters. The number of carbonyl (C=O) groups is 2. The van der Waals surface area contributed by atoms with E-state index in [1.54, 1.807) is 12.1 Å². The Balaban J connectivity index is 1.55. The van der Waals surface area contributed by atoms with Gasteiger partial charge in [0.2, 0.25) is 0 Å². The third-order valence-electron chi connectivity index (χ3n) is 6.02. The largest absolute Gasteiger partial charge is 0.494 e. The van der Waals surface area contributed by atoms with Gasteiger partial charge in [-0.25, -0.2) is 9.97 Å². The predicted octanol–water partition coefficient (Wildman–Crippen LogP) is 5.51. The first-order valence-corrected chi connectivity index (χ1v) is 11.7. The Morgan fingerprint density at radius 3 is 2.50 bits per heavy atom. The first kappa shape index (κ1) is 24.0. The lowest BCUT2D eigenvalue weighted by molar-refractivity contribution is -0.146. The molecule has 1 saturated carbocycles. The summed E-state index contributed by atoms with van der Waals surface area (Å²) in [6, 6.07) is 7.45. The molecule has 1 aliphatic carbocycles. The summed E-state index contributed by atoms with van der Waals surface area (Å²) in [5, 5.41) is 3.69. The SMILES string of the molecule is COC(=O)C1CCC(c2nc3cc(OC)c(NC(=O)c4cccc(C(C)(F)F)n4)cc3s2)CC1. The number of hydrogen-bond acceptors (Lipinski definition) is 7. The van der Waals surface area contributed by atoms with Crippen molar-refractivity contribution in [2.75, 3.05) is 19.5 Å². The standard InChI is InChI=1S/C24H25F2N3O4S/c1-24(25,26)20-6-4-5-15(27-20)21(30)28-16-12-19-17(11-18(16)32-2)29-22(34-19)13-7-9-14(10-8-13)23(31)33-3/h4-6,11-14H,7-10H2,1-3H3,(H,28,30). The number of thiazole rings is 1. The number of nitrogens with zero attached hydrogens (tertiary/aromatic N) is 2. The Hall–Kier alpha value is -3.14. The summed E-state index contributed by atoms with van der Waals surface area (Å²) in [5.74, 6) is -3.32. The predicted molar refractivity (Wildman–Crippen MR) is 125 cm³/mol. The maximum Gasteiger partial charge on any atom is 0.308 e. The van der Waals surface area contributed by atoms with Crippen LogP contribution >= 0.6 is 11.3 Å². The number of alkyl halides is 2. The minimum Gasteiger partial charge on any atom is -0.494 e. The molecule has 10 heteroatoms. The van der Waals surface area contributed by atoms with Crippen molar-refractivity contribution < 1.29 is 27.8 Å². The van der Waals surface area contributed by atoms with Gasteiger partial charge >= 0.3 is 5.97 Å². The van der Waals surface area contributed by atoms with Gasteiger partial charge in [-0.2, -0.15) is 8.78 Å². The van der Waals surface area contributed by atoms with Crippen LogP contribution in [0.1, 0.15) is 59.7 Å². The van der Waals surface area contributed by atoms with E-state index < -0.39 is 17.5 Å². The molecular weight excluding hydrogens is 464 g/mol. The van der Waals surface area contributed by atoms with Crippen LogP contribution in [0.3, 0.4) is 0 Å². The van der Waals surface area contributed by atoms with Gasteiger partial charge in [0.1, 0.15) is 17.1 Å². The van der Waals surface area contributed by atoms with Gasteiger partial charge in [0.15, 0.2) is 0 Å². The second-order valence-corrected chi connectivity index (χ2v) is 9.46. The van der Waals surface area contributed by atoms with Gasteiger partial charge in [-0.3, -0.25) is 9.59 Å². The fourth-order valence-electron chi connectivity index (χ4n) is 4.15. The molecule has 0 radical (unpaired) electrons. The molecule has 1 aliphatic rings. The number of amides is 1. The number of nitrogens with one attached hydrogen (secondary N) is 1. The van der Waals surface area contributed by atoms with Crippen LogP contribution in [0, 0.1) is 5.92 Å². The van der Waals surface area contributed by atoms with E-state index in [0.717, 1.165) is 47.8 Å². The molecule has 0 spiro atoms. The number of anilines is 1. The van der Waals surface area contributed by atoms with Crippen LogP contribution in [-0.4, -0.2) is 36.1 Å². The minimum atomic E-state index is -3.15. The molecule has 7 nitrogen and oxygen atoms in total. The number of ether oxygens (including phenoxy) is 2. The van der Waals surface area contributed by atoms with Crippen molar-refractivity contribution in [3.05, 3.63) is 46.7 Å². The molecule has 180 valence electrons. The van der Waals surface area contributed by atoms with Crippen LogP contribution in [0.5, 0.6) is 5.75 Å². The molecule has 0 saturated heterocycles. The van der Waals surface area contributed by atoms with E-state index in [0.29, 0.717) is 11.4 Å². The van der Waals surface area contributed by atoms with Crippen LogP contribution in [0.15, 0.2) is 30.3 Å². The summed E-state index contributed by atoms with van der Waals surface area (Å²) >= 11 is 1.53. The van der Waals surface area contributed by atoms with E-state index in [-0.39, 0.29) is 23.5 Å². The van der Waals surface area contributed by atoms with Crippen molar-refractivity contribution in [3.8, 4) is 5.75 Å². The highest BCUT2D eigenvalue weighted by molar-refractivity contribution is 7.18. The molecule has 1 amide bonds. The summed E-state index contributed by atoms with van der Waals surface area (Å²) in [6.45, 7) is 0.733. The van der Waals surface area contributed by atoms with Crippen LogP contribution in [0.2, 0.25) is 0 Å². The number of carbonyl (C=O) groups excluding carboxylic acids is 2. The van der Waals surface area contributed by atoms with Gasteiger partial charge in [0.25, 0.3) is 11.8 Å². The lowest BCUT2D eigenvalue weighted by atomic mass is 9.82. The second kappa shape index (κ2) is 9.61. The smallest absolute Gasteiger partial charge is 0.308 e. The molecule has 0 aliphatic heterocycles. The topological polar surface area (TPSA) is 90.4 Å². The molecule has 1 N–H and O–H groups in total. The number of rotatable bonds is 6. The van der Waals surface area contributed by atoms with Crippen molar-refractivity contribution >= 4 is 39.1 Å². The molecule has 34 heavy (non-hydrogen) atoms. The van der Waals surface area contributed by atoms with E-state index in [2.05, 4.69) is 10.3 Å². The van der Waals surface area contributed by atoms with E-state index in [9.17, 15) is 18.4 Å². The molecule has 0 unspecified atom stereocenters. The summed E-state index contributed by atoms with van der Waals surface area (Å²) < 4.78 is 38.4. The average molecular weight is 490 g/mol. The normalized spacial score (nSPS) is 18.5. The van der Waals surface area contributed by atoms with E-state index >= 15 is 0 Å². The number of hydrogen-bond donors (Lipinski definition) is 1. The number of halogens is 2. The Bertz CT molecular complexity index is 1220. The maximum absolute atomic E-state index is 13.6. The quantitative estimate of drug-likeness (QED) is 0.459. The summed E-state index contributed by atoms with van der Waals surface area (Å²) in [4.78, 5) is 33.1. The van der Waals surface area contributed by atoms with Gasteiger partial charge in [-0.15, -0.1) is 11.3 Å². The van der Waals surface area contributed by atoms with Crippen molar-refractivity contribution in [2.45, 2.75) is 44.4 Å². The molecule has 3 aromatic rings. The highest BCUT2D eigenvalue weighted by atomic mass is 32.1. The monoisotopic (exact) mass is 489 g/mol. The molecule has 2 aromatic heterocycles. The van der Waals surface area contributed by atoms with Gasteiger partial charge in [0, 0.05) is 18.9 Å². The molecular formula is C24H25F2N3O4S. The molecule has 1 aromatic carbocycles. The molecule has 1 fully saturated rings. The summed E-state index contributed by atoms with van der Waals surface area (Å²) in [5.41, 5.74) is 0.556.